The number of carboxylic acid groups (broad SMARTS) is 1. The van der Waals surface area contributed by atoms with E-state index in [9.17, 15) is 24.0 Å². The highest BCUT2D eigenvalue weighted by Gasteiger charge is 2.08. The van der Waals surface area contributed by atoms with Gasteiger partial charge < -0.3 is 31.1 Å². The molecule has 0 spiro atoms. The average Bonchev–Trinajstić information content (AvgIpc) is 2.45. The Morgan fingerprint density at radius 1 is 0.818 bits per heavy atom. The number of carbonyl (C=O) groups excluding carboxylic acids is 4. The zero-order valence-corrected chi connectivity index (χ0v) is 11.9. The maximum Gasteiger partial charge on any atom is 0.329 e. The number of nitrogens with one attached hydrogen (secondary N) is 4. The number of rotatable bonds is 10. The topological polar surface area (TPSA) is 163 Å². The van der Waals surface area contributed by atoms with Gasteiger partial charge in [0.25, 0.3) is 0 Å². The van der Waals surface area contributed by atoms with Crippen LogP contribution in [0.4, 0.5) is 0 Å². The summed E-state index contributed by atoms with van der Waals surface area (Å²) in [5.41, 5.74) is 0. The lowest BCUT2D eigenvalue weighted by atomic mass is 10.5. The Morgan fingerprint density at radius 2 is 1.27 bits per heavy atom. The summed E-state index contributed by atoms with van der Waals surface area (Å²) in [6.45, 7) is -0.539. The van der Waals surface area contributed by atoms with E-state index in [1.54, 1.807) is 0 Å². The summed E-state index contributed by atoms with van der Waals surface area (Å²) < 4.78 is 4.56. The number of ether oxygens (including phenoxy) is 1. The fraction of sp³-hybridized carbons (Fsp3) is 0.545. The van der Waals surface area contributed by atoms with Gasteiger partial charge in [0, 0.05) is 6.92 Å². The summed E-state index contributed by atoms with van der Waals surface area (Å²) in [6.07, 6.45) is 0. The molecule has 4 amide bonds. The highest BCUT2D eigenvalue weighted by Crippen LogP contribution is 1.73. The molecule has 0 radical (unpaired) electrons. The molecular weight excluding hydrogens is 300 g/mol. The first-order valence-electron chi connectivity index (χ1n) is 6.15. The van der Waals surface area contributed by atoms with Crippen LogP contribution in [0.15, 0.2) is 0 Å². The van der Waals surface area contributed by atoms with Crippen LogP contribution >= 0.6 is 0 Å². The molecule has 0 aliphatic rings. The van der Waals surface area contributed by atoms with Crippen LogP contribution in [0.1, 0.15) is 6.92 Å². The molecule has 0 aromatic carbocycles. The zero-order valence-electron chi connectivity index (χ0n) is 11.9. The molecule has 0 bridgehead atoms. The van der Waals surface area contributed by atoms with Crippen LogP contribution in [0.25, 0.3) is 0 Å². The third-order valence-electron chi connectivity index (χ3n) is 1.99. The summed E-state index contributed by atoms with van der Waals surface area (Å²) in [4.78, 5) is 54.4. The Bertz CT molecular complexity index is 438. The van der Waals surface area contributed by atoms with E-state index in [1.165, 1.54) is 6.92 Å². The molecule has 0 aromatic rings. The summed E-state index contributed by atoms with van der Waals surface area (Å²) in [7, 11) is 0. The van der Waals surface area contributed by atoms with Gasteiger partial charge >= 0.3 is 5.97 Å². The summed E-state index contributed by atoms with van der Waals surface area (Å²) >= 11 is 0. The molecule has 0 aromatic heterocycles. The molecule has 0 rings (SSSR count). The lowest BCUT2D eigenvalue weighted by Gasteiger charge is -2.08. The van der Waals surface area contributed by atoms with Gasteiger partial charge in [-0.05, 0) is 0 Å². The summed E-state index contributed by atoms with van der Waals surface area (Å²) in [5.74, 6) is -3.27. The number of amides is 4. The molecule has 0 heterocycles. The van der Waals surface area contributed by atoms with Gasteiger partial charge in [-0.3, -0.25) is 19.2 Å². The van der Waals surface area contributed by atoms with Gasteiger partial charge in [-0.15, -0.1) is 0 Å². The van der Waals surface area contributed by atoms with Gasteiger partial charge in [-0.2, -0.15) is 0 Å². The first-order valence-corrected chi connectivity index (χ1v) is 6.15. The van der Waals surface area contributed by atoms with E-state index in [0.29, 0.717) is 0 Å². The quantitative estimate of drug-likeness (QED) is 0.206. The molecule has 0 saturated heterocycles. The van der Waals surface area contributed by atoms with Gasteiger partial charge in [-0.1, -0.05) is 0 Å². The lowest BCUT2D eigenvalue weighted by Crippen LogP contribution is -2.44. The largest absolute Gasteiger partial charge is 0.480 e. The molecule has 0 aliphatic heterocycles. The van der Waals surface area contributed by atoms with Crippen molar-refractivity contribution in [3.8, 4) is 0 Å². The van der Waals surface area contributed by atoms with E-state index >= 15 is 0 Å². The second-order valence-corrected chi connectivity index (χ2v) is 3.95. The first kappa shape index (κ1) is 19.3. The van der Waals surface area contributed by atoms with Crippen LogP contribution in [0.5, 0.6) is 0 Å². The number of hydrogen-bond donors (Lipinski definition) is 5. The molecule has 0 unspecified atom stereocenters. The van der Waals surface area contributed by atoms with Crippen molar-refractivity contribution in [1.29, 1.82) is 0 Å². The molecule has 11 heteroatoms. The van der Waals surface area contributed by atoms with Gasteiger partial charge in [0.05, 0.1) is 19.6 Å². The number of aliphatic carboxylic acids is 1. The van der Waals surface area contributed by atoms with Gasteiger partial charge in [-0.25, -0.2) is 4.79 Å². The lowest BCUT2D eigenvalue weighted by molar-refractivity contribution is -0.143. The smallest absolute Gasteiger partial charge is 0.329 e. The molecule has 124 valence electrons. The minimum Gasteiger partial charge on any atom is -0.480 e. The second kappa shape index (κ2) is 11.0. The molecule has 22 heavy (non-hydrogen) atoms. The van der Waals surface area contributed by atoms with Crippen molar-refractivity contribution in [2.45, 2.75) is 6.92 Å². The Morgan fingerprint density at radius 3 is 1.73 bits per heavy atom. The monoisotopic (exact) mass is 318 g/mol. The minimum atomic E-state index is -1.17. The SMILES string of the molecule is CC(=O)NCC(=O)NCC(=O)NCC(=O)NCOCC(=O)O. The third-order valence-corrected chi connectivity index (χ3v) is 1.99. The maximum absolute atomic E-state index is 11.3. The van der Waals surface area contributed by atoms with Crippen molar-refractivity contribution in [2.24, 2.45) is 0 Å². The van der Waals surface area contributed by atoms with E-state index in [4.69, 9.17) is 5.11 Å². The molecule has 5 N–H and O–H groups in total. The minimum absolute atomic E-state index is 0.246. The Kier molecular flexibility index (Phi) is 9.67. The van der Waals surface area contributed by atoms with Crippen molar-refractivity contribution < 1.29 is 33.8 Å². The third kappa shape index (κ3) is 12.3. The van der Waals surface area contributed by atoms with E-state index in [-0.39, 0.29) is 32.3 Å². The van der Waals surface area contributed by atoms with Gasteiger partial charge in [0.2, 0.25) is 23.6 Å². The fourth-order valence-electron chi connectivity index (χ4n) is 1.02. The molecule has 0 fully saturated rings. The predicted molar refractivity (Wildman–Crippen MR) is 71.3 cm³/mol. The van der Waals surface area contributed by atoms with Crippen molar-refractivity contribution in [2.75, 3.05) is 33.0 Å². The Hall–Kier alpha value is -2.69. The second-order valence-electron chi connectivity index (χ2n) is 3.95. The molecule has 0 saturated carbocycles. The highest BCUT2D eigenvalue weighted by molar-refractivity contribution is 5.89. The zero-order chi connectivity index (χ0) is 17.0. The fourth-order valence-corrected chi connectivity index (χ4v) is 1.02. The number of carboxylic acids is 1. The van der Waals surface area contributed by atoms with Gasteiger partial charge in [0.1, 0.15) is 13.3 Å². The van der Waals surface area contributed by atoms with Crippen LogP contribution in [0, 0.1) is 0 Å². The molecule has 0 aliphatic carbocycles. The molecule has 0 atom stereocenters. The van der Waals surface area contributed by atoms with Crippen LogP contribution in [0.2, 0.25) is 0 Å². The van der Waals surface area contributed by atoms with E-state index in [2.05, 4.69) is 26.0 Å². The number of carbonyl (C=O) groups is 5. The van der Waals surface area contributed by atoms with Crippen LogP contribution < -0.4 is 21.3 Å². The number of hydrogen-bond acceptors (Lipinski definition) is 6. The summed E-state index contributed by atoms with van der Waals surface area (Å²) in [6, 6.07) is 0. The van der Waals surface area contributed by atoms with Crippen LogP contribution in [-0.4, -0.2) is 67.7 Å². The van der Waals surface area contributed by atoms with E-state index in [0.717, 1.165) is 0 Å². The first-order chi connectivity index (χ1) is 10.3. The average molecular weight is 318 g/mol. The van der Waals surface area contributed by atoms with Crippen LogP contribution in [0.3, 0.4) is 0 Å². The summed E-state index contributed by atoms with van der Waals surface area (Å²) in [5, 5.41) is 17.2. The van der Waals surface area contributed by atoms with Crippen molar-refractivity contribution in [1.82, 2.24) is 21.3 Å². The van der Waals surface area contributed by atoms with Crippen LogP contribution in [-0.2, 0) is 28.7 Å². The van der Waals surface area contributed by atoms with Crippen molar-refractivity contribution in [3.63, 3.8) is 0 Å². The van der Waals surface area contributed by atoms with Crippen molar-refractivity contribution in [3.05, 3.63) is 0 Å². The van der Waals surface area contributed by atoms with E-state index < -0.39 is 30.3 Å². The normalized spacial score (nSPS) is 9.50. The molecule has 11 nitrogen and oxygen atoms in total. The van der Waals surface area contributed by atoms with E-state index in [1.807, 2.05) is 0 Å². The Labute approximate surface area is 125 Å². The Balaban J connectivity index is 3.67. The standard InChI is InChI=1S/C11H18N4O7/c1-7(16)12-2-8(17)13-3-9(18)14-4-10(19)15-6-22-5-11(20)21/h2-6H2,1H3,(H,12,16)(H,13,17)(H,14,18)(H,15,19)(H,20,21). The van der Waals surface area contributed by atoms with Crippen molar-refractivity contribution >= 4 is 29.6 Å². The van der Waals surface area contributed by atoms with Gasteiger partial charge in [0.15, 0.2) is 0 Å². The predicted octanol–water partition coefficient (Wildman–Crippen LogP) is -3.47. The maximum atomic E-state index is 11.3. The highest BCUT2D eigenvalue weighted by atomic mass is 16.5. The molecular formula is C11H18N4O7.